The lowest BCUT2D eigenvalue weighted by Gasteiger charge is -2.11. The van der Waals surface area contributed by atoms with Crippen molar-refractivity contribution >= 4 is 5.91 Å². The van der Waals surface area contributed by atoms with Gasteiger partial charge in [0.05, 0.1) is 18.6 Å². The summed E-state index contributed by atoms with van der Waals surface area (Å²) in [6.07, 6.45) is 4.37. The molecule has 22 heavy (non-hydrogen) atoms. The number of nitrogens with zero attached hydrogens (tertiary/aromatic N) is 2. The van der Waals surface area contributed by atoms with Crippen LogP contribution in [0.2, 0.25) is 0 Å². The highest BCUT2D eigenvalue weighted by Crippen LogP contribution is 2.26. The summed E-state index contributed by atoms with van der Waals surface area (Å²) >= 11 is 0. The average Bonchev–Trinajstić information content (AvgIpc) is 2.92. The number of hydrogen-bond donors (Lipinski definition) is 1. The van der Waals surface area contributed by atoms with Crippen LogP contribution in [0.1, 0.15) is 12.6 Å². The standard InChI is InChI=1S/C16H21N3O3/c1-3-21-14-6-4-5-7-15(14)22-11-16(20)17-9-8-13-10-19(2)12-18-13/h4-7,10,12H,3,8-9,11H2,1-2H3,(H,17,20). The monoisotopic (exact) mass is 303 g/mol. The quantitative estimate of drug-likeness (QED) is 0.803. The number of aryl methyl sites for hydroxylation is 1. The van der Waals surface area contributed by atoms with E-state index < -0.39 is 0 Å². The predicted molar refractivity (Wildman–Crippen MR) is 83.0 cm³/mol. The van der Waals surface area contributed by atoms with Gasteiger partial charge in [-0.1, -0.05) is 12.1 Å². The third kappa shape index (κ3) is 4.80. The first-order valence-corrected chi connectivity index (χ1v) is 7.27. The molecule has 0 fully saturated rings. The highest BCUT2D eigenvalue weighted by Gasteiger charge is 2.07. The maximum Gasteiger partial charge on any atom is 0.257 e. The van der Waals surface area contributed by atoms with E-state index in [2.05, 4.69) is 10.3 Å². The molecule has 0 saturated heterocycles. The first-order chi connectivity index (χ1) is 10.7. The second-order valence-corrected chi connectivity index (χ2v) is 4.80. The number of carbonyl (C=O) groups excluding carboxylic acids is 1. The van der Waals surface area contributed by atoms with Crippen LogP contribution in [0.3, 0.4) is 0 Å². The predicted octanol–water partition coefficient (Wildman–Crippen LogP) is 1.56. The number of benzene rings is 1. The fraction of sp³-hybridized carbons (Fsp3) is 0.375. The van der Waals surface area contributed by atoms with E-state index in [1.54, 1.807) is 12.4 Å². The van der Waals surface area contributed by atoms with Crippen molar-refractivity contribution in [2.24, 2.45) is 7.05 Å². The molecule has 0 saturated carbocycles. The molecule has 1 N–H and O–H groups in total. The van der Waals surface area contributed by atoms with Crippen molar-refractivity contribution in [3.8, 4) is 11.5 Å². The van der Waals surface area contributed by atoms with Gasteiger partial charge in [0, 0.05) is 26.2 Å². The lowest BCUT2D eigenvalue weighted by molar-refractivity contribution is -0.123. The molecule has 6 nitrogen and oxygen atoms in total. The molecule has 0 radical (unpaired) electrons. The minimum Gasteiger partial charge on any atom is -0.490 e. The Kier molecular flexibility index (Phi) is 5.82. The summed E-state index contributed by atoms with van der Waals surface area (Å²) in [7, 11) is 1.92. The molecule has 0 unspecified atom stereocenters. The van der Waals surface area contributed by atoms with Crippen LogP contribution >= 0.6 is 0 Å². The number of ether oxygens (including phenoxy) is 2. The molecule has 118 valence electrons. The Morgan fingerprint density at radius 3 is 2.64 bits per heavy atom. The molecule has 0 aliphatic rings. The van der Waals surface area contributed by atoms with Crippen LogP contribution in [0.15, 0.2) is 36.8 Å². The Balaban J connectivity index is 1.73. The molecule has 2 aromatic rings. The van der Waals surface area contributed by atoms with E-state index in [0.29, 0.717) is 31.1 Å². The van der Waals surface area contributed by atoms with Crippen LogP contribution in [0.4, 0.5) is 0 Å². The van der Waals surface area contributed by atoms with Crippen molar-refractivity contribution in [2.45, 2.75) is 13.3 Å². The minimum absolute atomic E-state index is 0.0354. The number of hydrogen-bond acceptors (Lipinski definition) is 4. The maximum absolute atomic E-state index is 11.8. The summed E-state index contributed by atoms with van der Waals surface area (Å²) in [4.78, 5) is 16.0. The number of nitrogens with one attached hydrogen (secondary N) is 1. The van der Waals surface area contributed by atoms with E-state index in [-0.39, 0.29) is 12.5 Å². The van der Waals surface area contributed by atoms with Crippen molar-refractivity contribution in [3.05, 3.63) is 42.5 Å². The lowest BCUT2D eigenvalue weighted by atomic mass is 10.3. The van der Waals surface area contributed by atoms with Crippen LogP contribution in [-0.4, -0.2) is 35.2 Å². The minimum atomic E-state index is -0.165. The Labute approximate surface area is 130 Å². The van der Waals surface area contributed by atoms with Crippen molar-refractivity contribution < 1.29 is 14.3 Å². The Morgan fingerprint density at radius 2 is 2.00 bits per heavy atom. The van der Waals surface area contributed by atoms with Gasteiger partial charge in [0.25, 0.3) is 5.91 Å². The van der Waals surface area contributed by atoms with Crippen LogP contribution in [0, 0.1) is 0 Å². The van der Waals surface area contributed by atoms with Gasteiger partial charge >= 0.3 is 0 Å². The van der Waals surface area contributed by atoms with Crippen LogP contribution in [0.5, 0.6) is 11.5 Å². The highest BCUT2D eigenvalue weighted by atomic mass is 16.5. The summed E-state index contributed by atoms with van der Waals surface area (Å²) in [5, 5.41) is 2.81. The largest absolute Gasteiger partial charge is 0.490 e. The summed E-state index contributed by atoms with van der Waals surface area (Å²) in [6, 6.07) is 7.31. The van der Waals surface area contributed by atoms with Gasteiger partial charge in [-0.2, -0.15) is 0 Å². The van der Waals surface area contributed by atoms with E-state index in [1.165, 1.54) is 0 Å². The van der Waals surface area contributed by atoms with Gasteiger partial charge in [0.15, 0.2) is 18.1 Å². The molecule has 0 aliphatic carbocycles. The van der Waals surface area contributed by atoms with Crippen LogP contribution in [0.25, 0.3) is 0 Å². The summed E-state index contributed by atoms with van der Waals surface area (Å²) in [6.45, 7) is 2.95. The molecule has 0 aliphatic heterocycles. The summed E-state index contributed by atoms with van der Waals surface area (Å²) in [5.41, 5.74) is 0.949. The zero-order valence-electron chi connectivity index (χ0n) is 12.9. The summed E-state index contributed by atoms with van der Waals surface area (Å²) < 4.78 is 12.8. The second-order valence-electron chi connectivity index (χ2n) is 4.80. The van der Waals surface area contributed by atoms with E-state index in [9.17, 15) is 4.79 Å². The number of imidazole rings is 1. The van der Waals surface area contributed by atoms with Crippen LogP contribution < -0.4 is 14.8 Å². The van der Waals surface area contributed by atoms with Gasteiger partial charge < -0.3 is 19.4 Å². The van der Waals surface area contributed by atoms with Crippen molar-refractivity contribution in [1.29, 1.82) is 0 Å². The molecule has 2 rings (SSSR count). The van der Waals surface area contributed by atoms with Crippen LogP contribution in [-0.2, 0) is 18.3 Å². The van der Waals surface area contributed by atoms with Gasteiger partial charge in [-0.25, -0.2) is 4.98 Å². The third-order valence-electron chi connectivity index (χ3n) is 2.97. The molecular weight excluding hydrogens is 282 g/mol. The van der Waals surface area contributed by atoms with Gasteiger partial charge in [-0.15, -0.1) is 0 Å². The smallest absolute Gasteiger partial charge is 0.257 e. The van der Waals surface area contributed by atoms with E-state index >= 15 is 0 Å². The Morgan fingerprint density at radius 1 is 1.27 bits per heavy atom. The van der Waals surface area contributed by atoms with Crippen molar-refractivity contribution in [1.82, 2.24) is 14.9 Å². The Bertz CT molecular complexity index is 610. The molecule has 6 heteroatoms. The van der Waals surface area contributed by atoms with Gasteiger partial charge in [0.2, 0.25) is 0 Å². The number of carbonyl (C=O) groups is 1. The summed E-state index contributed by atoms with van der Waals surface area (Å²) in [5.74, 6) is 1.05. The molecule has 1 amide bonds. The molecular formula is C16H21N3O3. The third-order valence-corrected chi connectivity index (χ3v) is 2.97. The molecule has 1 heterocycles. The van der Waals surface area contributed by atoms with E-state index in [4.69, 9.17) is 9.47 Å². The number of amides is 1. The fourth-order valence-corrected chi connectivity index (χ4v) is 1.96. The molecule has 0 atom stereocenters. The normalized spacial score (nSPS) is 10.3. The zero-order valence-corrected chi connectivity index (χ0v) is 12.9. The van der Waals surface area contributed by atoms with Crippen molar-refractivity contribution in [2.75, 3.05) is 19.8 Å². The first kappa shape index (κ1) is 15.9. The number of para-hydroxylation sites is 2. The molecule has 1 aromatic heterocycles. The highest BCUT2D eigenvalue weighted by molar-refractivity contribution is 5.77. The topological polar surface area (TPSA) is 65.4 Å². The van der Waals surface area contributed by atoms with Gasteiger partial charge in [-0.3, -0.25) is 4.79 Å². The van der Waals surface area contributed by atoms with E-state index in [1.807, 2.05) is 42.9 Å². The lowest BCUT2D eigenvalue weighted by Crippen LogP contribution is -2.30. The van der Waals surface area contributed by atoms with E-state index in [0.717, 1.165) is 5.69 Å². The van der Waals surface area contributed by atoms with Gasteiger partial charge in [0.1, 0.15) is 0 Å². The SMILES string of the molecule is CCOc1ccccc1OCC(=O)NCCc1cn(C)cn1. The zero-order chi connectivity index (χ0) is 15.8. The fourth-order valence-electron chi connectivity index (χ4n) is 1.96. The average molecular weight is 303 g/mol. The molecule has 0 spiro atoms. The second kappa shape index (κ2) is 8.07. The molecule has 0 bridgehead atoms. The number of rotatable bonds is 8. The molecule has 1 aromatic carbocycles. The number of aromatic nitrogens is 2. The first-order valence-electron chi connectivity index (χ1n) is 7.27. The van der Waals surface area contributed by atoms with Gasteiger partial charge in [-0.05, 0) is 19.1 Å². The van der Waals surface area contributed by atoms with Crippen molar-refractivity contribution in [3.63, 3.8) is 0 Å². The Hall–Kier alpha value is -2.50. The maximum atomic E-state index is 11.8.